The number of halogens is 1. The number of hydrogen-bond donors (Lipinski definition) is 1. The van der Waals surface area contributed by atoms with Gasteiger partial charge in [-0.3, -0.25) is 5.41 Å². The lowest BCUT2D eigenvalue weighted by atomic mass is 10.4. The van der Waals surface area contributed by atoms with Crippen LogP contribution in [-0.4, -0.2) is 22.8 Å². The van der Waals surface area contributed by atoms with Gasteiger partial charge in [0.15, 0.2) is 0 Å². The van der Waals surface area contributed by atoms with Crippen molar-refractivity contribution in [3.05, 3.63) is 28.5 Å². The van der Waals surface area contributed by atoms with Gasteiger partial charge in [-0.2, -0.15) is 0 Å². The minimum atomic E-state index is 0.185. The minimum Gasteiger partial charge on any atom is -0.351 e. The molecule has 1 N–H and O–H groups in total. The number of nitrogens with one attached hydrogen (secondary N) is 1. The second-order valence-corrected chi connectivity index (χ2v) is 3.59. The zero-order valence-electron chi connectivity index (χ0n) is 7.50. The molecule has 1 aliphatic carbocycles. The summed E-state index contributed by atoms with van der Waals surface area (Å²) < 4.78 is 0. The average molecular weight is 196 g/mol. The van der Waals surface area contributed by atoms with Gasteiger partial charge in [-0.25, -0.2) is 4.98 Å². The summed E-state index contributed by atoms with van der Waals surface area (Å²) in [5.74, 6) is 0.541. The molecule has 0 saturated heterocycles. The third-order valence-electron chi connectivity index (χ3n) is 2.31. The third-order valence-corrected chi connectivity index (χ3v) is 2.52. The van der Waals surface area contributed by atoms with E-state index in [0.29, 0.717) is 11.0 Å². The van der Waals surface area contributed by atoms with Gasteiger partial charge in [0.1, 0.15) is 5.15 Å². The van der Waals surface area contributed by atoms with E-state index in [9.17, 15) is 0 Å². The van der Waals surface area contributed by atoms with E-state index in [4.69, 9.17) is 17.0 Å². The summed E-state index contributed by atoms with van der Waals surface area (Å²) in [5, 5.41) is 7.99. The first-order chi connectivity index (χ1) is 6.11. The molecule has 4 heteroatoms. The van der Waals surface area contributed by atoms with E-state index in [1.807, 2.05) is 18.0 Å². The van der Waals surface area contributed by atoms with Gasteiger partial charge in [-0.05, 0) is 13.0 Å². The molecule has 68 valence electrons. The Morgan fingerprint density at radius 2 is 2.31 bits per heavy atom. The summed E-state index contributed by atoms with van der Waals surface area (Å²) >= 11 is 5.74. The highest BCUT2D eigenvalue weighted by atomic mass is 35.5. The van der Waals surface area contributed by atoms with Crippen LogP contribution in [0.4, 0.5) is 0 Å². The molecule has 0 spiro atoms. The van der Waals surface area contributed by atoms with Crippen molar-refractivity contribution in [2.45, 2.75) is 13.0 Å². The highest BCUT2D eigenvalue weighted by Crippen LogP contribution is 2.44. The third kappa shape index (κ3) is 1.29. The summed E-state index contributed by atoms with van der Waals surface area (Å²) in [7, 11) is 1.89. The van der Waals surface area contributed by atoms with Crippen LogP contribution < -0.4 is 0 Å². The summed E-state index contributed by atoms with van der Waals surface area (Å²) in [4.78, 5) is 6.06. The second-order valence-electron chi connectivity index (χ2n) is 3.21. The quantitative estimate of drug-likeness (QED) is 0.423. The molecule has 2 rings (SSSR count). The molecule has 0 radical (unpaired) electrons. The summed E-state index contributed by atoms with van der Waals surface area (Å²) in [6.07, 6.45) is 0. The Hall–Kier alpha value is -1.09. The Morgan fingerprint density at radius 3 is 2.85 bits per heavy atom. The lowest BCUT2D eigenvalue weighted by molar-refractivity contribution is 0.476. The van der Waals surface area contributed by atoms with E-state index < -0.39 is 0 Å². The summed E-state index contributed by atoms with van der Waals surface area (Å²) in [6.45, 7) is 1.76. The molecule has 0 saturated carbocycles. The predicted octanol–water partition coefficient (Wildman–Crippen LogP) is 2.07. The van der Waals surface area contributed by atoms with Gasteiger partial charge in [-0.1, -0.05) is 17.7 Å². The van der Waals surface area contributed by atoms with Crippen LogP contribution in [0.3, 0.4) is 0 Å². The molecule has 13 heavy (non-hydrogen) atoms. The molecular formula is C9H10ClN3. The first kappa shape index (κ1) is 8.51. The van der Waals surface area contributed by atoms with Crippen LogP contribution in [0.5, 0.6) is 0 Å². The predicted molar refractivity (Wildman–Crippen MR) is 52.3 cm³/mol. The van der Waals surface area contributed by atoms with E-state index in [-0.39, 0.29) is 6.04 Å². The SMILES string of the molecule is CC(=N)N(C)[C@@H]1c2ccc(Cl)nc21. The molecule has 0 unspecified atom stereocenters. The van der Waals surface area contributed by atoms with E-state index in [1.165, 1.54) is 5.56 Å². The molecule has 1 atom stereocenters. The first-order valence-corrected chi connectivity index (χ1v) is 4.43. The molecule has 0 fully saturated rings. The number of nitrogens with zero attached hydrogens (tertiary/aromatic N) is 2. The zero-order chi connectivity index (χ0) is 9.59. The summed E-state index contributed by atoms with van der Waals surface area (Å²) in [5.41, 5.74) is 2.18. The van der Waals surface area contributed by atoms with E-state index in [2.05, 4.69) is 4.98 Å². The lowest BCUT2D eigenvalue weighted by Gasteiger charge is -2.15. The largest absolute Gasteiger partial charge is 0.351 e. The van der Waals surface area contributed by atoms with Crippen LogP contribution in [0.1, 0.15) is 24.2 Å². The van der Waals surface area contributed by atoms with Crippen molar-refractivity contribution in [1.29, 1.82) is 5.41 Å². The van der Waals surface area contributed by atoms with E-state index in [0.717, 1.165) is 5.69 Å². The van der Waals surface area contributed by atoms with Crippen molar-refractivity contribution in [3.63, 3.8) is 0 Å². The highest BCUT2D eigenvalue weighted by molar-refractivity contribution is 6.29. The smallest absolute Gasteiger partial charge is 0.129 e. The molecular weight excluding hydrogens is 186 g/mol. The maximum Gasteiger partial charge on any atom is 0.129 e. The molecule has 3 nitrogen and oxygen atoms in total. The monoisotopic (exact) mass is 195 g/mol. The number of amidine groups is 1. The topological polar surface area (TPSA) is 40.0 Å². The molecule has 1 aromatic heterocycles. The Kier molecular flexibility index (Phi) is 1.77. The molecule has 1 aromatic rings. The number of pyridine rings is 1. The lowest BCUT2D eigenvalue weighted by Crippen LogP contribution is -2.21. The molecule has 0 amide bonds. The first-order valence-electron chi connectivity index (χ1n) is 4.05. The van der Waals surface area contributed by atoms with E-state index >= 15 is 0 Å². The van der Waals surface area contributed by atoms with Gasteiger partial charge in [-0.15, -0.1) is 0 Å². The van der Waals surface area contributed by atoms with Crippen LogP contribution in [-0.2, 0) is 0 Å². The standard InChI is InChI=1S/C9H10ClN3/c1-5(11)13(2)9-6-3-4-7(10)12-8(6)9/h3-4,9,11H,1-2H3/t9-/m1/s1. The Morgan fingerprint density at radius 1 is 1.62 bits per heavy atom. The van der Waals surface area contributed by atoms with Crippen molar-refractivity contribution in [2.24, 2.45) is 0 Å². The van der Waals surface area contributed by atoms with Gasteiger partial charge in [0.05, 0.1) is 17.6 Å². The normalized spacial score (nSPS) is 17.9. The number of fused-ring (bicyclic) bond motifs is 1. The molecule has 0 aliphatic heterocycles. The molecule has 1 heterocycles. The fraction of sp³-hybridized carbons (Fsp3) is 0.333. The number of rotatable bonds is 1. The fourth-order valence-corrected chi connectivity index (χ4v) is 1.57. The van der Waals surface area contributed by atoms with Crippen molar-refractivity contribution >= 4 is 17.4 Å². The van der Waals surface area contributed by atoms with Crippen molar-refractivity contribution in [1.82, 2.24) is 9.88 Å². The molecule has 0 aromatic carbocycles. The number of aromatic nitrogens is 1. The van der Waals surface area contributed by atoms with Crippen molar-refractivity contribution in [2.75, 3.05) is 7.05 Å². The van der Waals surface area contributed by atoms with Gasteiger partial charge >= 0.3 is 0 Å². The number of hydrogen-bond acceptors (Lipinski definition) is 2. The minimum absolute atomic E-state index is 0.185. The van der Waals surface area contributed by atoms with E-state index in [1.54, 1.807) is 13.0 Å². The highest BCUT2D eigenvalue weighted by Gasteiger charge is 2.38. The maximum atomic E-state index is 7.47. The van der Waals surface area contributed by atoms with Gasteiger partial charge in [0, 0.05) is 12.6 Å². The van der Waals surface area contributed by atoms with Crippen molar-refractivity contribution < 1.29 is 0 Å². The fourth-order valence-electron chi connectivity index (χ4n) is 1.41. The Labute approximate surface area is 81.9 Å². The van der Waals surface area contributed by atoms with Crippen LogP contribution in [0.15, 0.2) is 12.1 Å². The Balaban J connectivity index is 2.23. The Bertz CT molecular complexity index is 375. The van der Waals surface area contributed by atoms with Crippen molar-refractivity contribution in [3.8, 4) is 0 Å². The van der Waals surface area contributed by atoms with Crippen LogP contribution in [0.25, 0.3) is 0 Å². The van der Waals surface area contributed by atoms with Gasteiger partial charge in [0.25, 0.3) is 0 Å². The van der Waals surface area contributed by atoms with Crippen LogP contribution in [0.2, 0.25) is 5.15 Å². The van der Waals surface area contributed by atoms with Crippen LogP contribution in [0, 0.1) is 5.41 Å². The molecule has 0 bridgehead atoms. The maximum absolute atomic E-state index is 7.47. The molecule has 1 aliphatic rings. The second kappa shape index (κ2) is 2.70. The zero-order valence-corrected chi connectivity index (χ0v) is 8.26. The van der Waals surface area contributed by atoms with Crippen LogP contribution >= 0.6 is 11.6 Å². The summed E-state index contributed by atoms with van der Waals surface area (Å²) in [6, 6.07) is 3.94. The van der Waals surface area contributed by atoms with Gasteiger partial charge in [0.2, 0.25) is 0 Å². The van der Waals surface area contributed by atoms with Gasteiger partial charge < -0.3 is 4.90 Å². The average Bonchev–Trinajstić information content (AvgIpc) is 2.75.